The number of nitrogens with zero attached hydrogens (tertiary/aromatic N) is 2. The van der Waals surface area contributed by atoms with Crippen molar-refractivity contribution in [2.24, 2.45) is 0 Å². The number of nitro benzene ring substituents is 1. The Morgan fingerprint density at radius 3 is 2.48 bits per heavy atom. The maximum absolute atomic E-state index is 12.9. The van der Waals surface area contributed by atoms with Gasteiger partial charge in [0.1, 0.15) is 5.56 Å². The van der Waals surface area contributed by atoms with E-state index in [4.69, 9.17) is 9.47 Å². The van der Waals surface area contributed by atoms with Gasteiger partial charge in [-0.3, -0.25) is 14.9 Å². The summed E-state index contributed by atoms with van der Waals surface area (Å²) in [5.74, 6) is -2.62. The fourth-order valence-electron chi connectivity index (χ4n) is 2.81. The van der Waals surface area contributed by atoms with Gasteiger partial charge in [-0.25, -0.2) is 4.79 Å². The van der Waals surface area contributed by atoms with Gasteiger partial charge in [-0.15, -0.1) is 0 Å². The van der Waals surface area contributed by atoms with Crippen molar-refractivity contribution in [2.75, 3.05) is 26.8 Å². The van der Waals surface area contributed by atoms with Crippen LogP contribution in [-0.4, -0.2) is 53.6 Å². The van der Waals surface area contributed by atoms with Gasteiger partial charge >= 0.3 is 11.7 Å². The quantitative estimate of drug-likeness (QED) is 0.489. The third-order valence-electron chi connectivity index (χ3n) is 3.99. The Bertz CT molecular complexity index is 696. The number of hydrogen-bond acceptors (Lipinski definition) is 7. The summed E-state index contributed by atoms with van der Waals surface area (Å²) in [4.78, 5) is 37.2. The van der Waals surface area contributed by atoms with E-state index in [2.05, 4.69) is 0 Å². The molecule has 1 N–H and O–H groups in total. The second-order valence-corrected chi connectivity index (χ2v) is 5.53. The zero-order valence-electron chi connectivity index (χ0n) is 14.1. The van der Waals surface area contributed by atoms with Crippen LogP contribution < -0.4 is 4.74 Å². The second kappa shape index (κ2) is 7.82. The number of likely N-dealkylation sites (tertiary alicyclic amines) is 1. The molecule has 1 saturated heterocycles. The molecule has 9 heteroatoms. The molecule has 2 rings (SSSR count). The van der Waals surface area contributed by atoms with E-state index in [0.717, 1.165) is 25.3 Å². The van der Waals surface area contributed by atoms with Gasteiger partial charge < -0.3 is 19.5 Å². The molecule has 136 valence electrons. The van der Waals surface area contributed by atoms with Crippen LogP contribution in [0.2, 0.25) is 0 Å². The van der Waals surface area contributed by atoms with Gasteiger partial charge in [0.15, 0.2) is 5.75 Å². The molecule has 0 saturated carbocycles. The second-order valence-electron chi connectivity index (χ2n) is 5.53. The lowest BCUT2D eigenvalue weighted by Crippen LogP contribution is -2.37. The normalized spacial score (nSPS) is 14.1. The summed E-state index contributed by atoms with van der Waals surface area (Å²) in [5, 5.41) is 21.6. The number of benzene rings is 1. The zero-order valence-corrected chi connectivity index (χ0v) is 14.1. The highest BCUT2D eigenvalue weighted by atomic mass is 16.6. The number of nitro groups is 1. The van der Waals surface area contributed by atoms with E-state index in [1.807, 2.05) is 0 Å². The van der Waals surface area contributed by atoms with Crippen molar-refractivity contribution in [3.63, 3.8) is 0 Å². The minimum Gasteiger partial charge on any atom is -0.499 e. The number of esters is 1. The van der Waals surface area contributed by atoms with Crippen molar-refractivity contribution in [3.8, 4) is 11.5 Å². The molecule has 1 aromatic rings. The highest BCUT2D eigenvalue weighted by molar-refractivity contribution is 6.09. The van der Waals surface area contributed by atoms with Crippen LogP contribution in [-0.2, 0) is 4.74 Å². The zero-order chi connectivity index (χ0) is 18.6. The van der Waals surface area contributed by atoms with Crippen molar-refractivity contribution in [3.05, 3.63) is 27.3 Å². The Balaban J connectivity index is 2.67. The first-order valence-corrected chi connectivity index (χ1v) is 7.97. The highest BCUT2D eigenvalue weighted by Gasteiger charge is 2.37. The lowest BCUT2D eigenvalue weighted by Gasteiger charge is -2.27. The standard InChI is InChI=1S/C16H20N2O7/c1-3-25-16(21)10-9-11(24-2)14(19)13(18(22)23)12(10)15(20)17-7-5-4-6-8-17/h9,19H,3-8H2,1-2H3. The van der Waals surface area contributed by atoms with E-state index in [9.17, 15) is 24.8 Å². The maximum atomic E-state index is 12.9. The number of phenols is 1. The van der Waals surface area contributed by atoms with Gasteiger partial charge in [-0.05, 0) is 32.3 Å². The molecule has 1 aromatic carbocycles. The number of rotatable bonds is 5. The first-order valence-electron chi connectivity index (χ1n) is 7.97. The van der Waals surface area contributed by atoms with Gasteiger partial charge in [0.2, 0.25) is 5.75 Å². The number of piperidine rings is 1. The Morgan fingerprint density at radius 2 is 1.96 bits per heavy atom. The number of amides is 1. The minimum atomic E-state index is -0.891. The molecule has 0 atom stereocenters. The molecular weight excluding hydrogens is 332 g/mol. The van der Waals surface area contributed by atoms with Crippen LogP contribution in [0.25, 0.3) is 0 Å². The molecule has 25 heavy (non-hydrogen) atoms. The van der Waals surface area contributed by atoms with Gasteiger partial charge in [-0.1, -0.05) is 0 Å². The summed E-state index contributed by atoms with van der Waals surface area (Å²) in [5.41, 5.74) is -1.61. The summed E-state index contributed by atoms with van der Waals surface area (Å²) in [6.07, 6.45) is 2.51. The smallest absolute Gasteiger partial charge is 0.339 e. The lowest BCUT2D eigenvalue weighted by atomic mass is 10.0. The number of methoxy groups -OCH3 is 1. The third-order valence-corrected chi connectivity index (χ3v) is 3.99. The molecule has 0 spiro atoms. The van der Waals surface area contributed by atoms with Gasteiger partial charge in [-0.2, -0.15) is 0 Å². The van der Waals surface area contributed by atoms with E-state index in [-0.39, 0.29) is 17.9 Å². The van der Waals surface area contributed by atoms with Crippen molar-refractivity contribution >= 4 is 17.6 Å². The number of carbonyl (C=O) groups excluding carboxylic acids is 2. The Kier molecular flexibility index (Phi) is 5.79. The van der Waals surface area contributed by atoms with Crippen LogP contribution in [0.15, 0.2) is 6.07 Å². The summed E-state index contributed by atoms with van der Waals surface area (Å²) in [6, 6.07) is 1.09. The molecule has 9 nitrogen and oxygen atoms in total. The molecule has 0 bridgehead atoms. The molecular formula is C16H20N2O7. The molecule has 0 radical (unpaired) electrons. The Labute approximate surface area is 144 Å². The van der Waals surface area contributed by atoms with E-state index >= 15 is 0 Å². The van der Waals surface area contributed by atoms with Crippen molar-refractivity contribution in [2.45, 2.75) is 26.2 Å². The largest absolute Gasteiger partial charge is 0.499 e. The molecule has 1 heterocycles. The Hall–Kier alpha value is -2.84. The number of hydrogen-bond donors (Lipinski definition) is 1. The molecule has 1 aliphatic heterocycles. The first-order chi connectivity index (χ1) is 11.9. The number of aromatic hydroxyl groups is 1. The van der Waals surface area contributed by atoms with Gasteiger partial charge in [0.05, 0.1) is 24.2 Å². The molecule has 0 unspecified atom stereocenters. The first kappa shape index (κ1) is 18.5. The van der Waals surface area contributed by atoms with Crippen molar-refractivity contribution in [1.29, 1.82) is 0 Å². The monoisotopic (exact) mass is 352 g/mol. The molecule has 1 aliphatic rings. The van der Waals surface area contributed by atoms with Gasteiger partial charge in [0, 0.05) is 13.1 Å². The van der Waals surface area contributed by atoms with Gasteiger partial charge in [0.25, 0.3) is 5.91 Å². The Morgan fingerprint density at radius 1 is 1.32 bits per heavy atom. The van der Waals surface area contributed by atoms with E-state index < -0.39 is 33.8 Å². The molecule has 1 amide bonds. The topological polar surface area (TPSA) is 119 Å². The molecule has 1 fully saturated rings. The van der Waals surface area contributed by atoms with Crippen LogP contribution in [0.5, 0.6) is 11.5 Å². The van der Waals surface area contributed by atoms with Crippen LogP contribution >= 0.6 is 0 Å². The average Bonchev–Trinajstić information content (AvgIpc) is 2.61. The predicted molar refractivity (Wildman–Crippen MR) is 87.0 cm³/mol. The predicted octanol–water partition coefficient (Wildman–Crippen LogP) is 2.11. The number of ether oxygens (including phenoxy) is 2. The third kappa shape index (κ3) is 3.65. The van der Waals surface area contributed by atoms with E-state index in [1.165, 1.54) is 12.0 Å². The lowest BCUT2D eigenvalue weighted by molar-refractivity contribution is -0.386. The number of carbonyl (C=O) groups is 2. The number of phenolic OH excluding ortho intramolecular Hbond substituents is 1. The van der Waals surface area contributed by atoms with Crippen LogP contribution in [0.3, 0.4) is 0 Å². The highest BCUT2D eigenvalue weighted by Crippen LogP contribution is 2.41. The maximum Gasteiger partial charge on any atom is 0.339 e. The van der Waals surface area contributed by atoms with Crippen LogP contribution in [0.4, 0.5) is 5.69 Å². The fourth-order valence-corrected chi connectivity index (χ4v) is 2.81. The van der Waals surface area contributed by atoms with E-state index in [0.29, 0.717) is 13.1 Å². The summed E-state index contributed by atoms with van der Waals surface area (Å²) in [7, 11) is 1.19. The average molecular weight is 352 g/mol. The molecule has 0 aliphatic carbocycles. The minimum absolute atomic E-state index is 0.0349. The van der Waals surface area contributed by atoms with Crippen molar-refractivity contribution < 1.29 is 29.1 Å². The summed E-state index contributed by atoms with van der Waals surface area (Å²) >= 11 is 0. The van der Waals surface area contributed by atoms with Crippen LogP contribution in [0, 0.1) is 10.1 Å². The fraction of sp³-hybridized carbons (Fsp3) is 0.500. The van der Waals surface area contributed by atoms with Crippen molar-refractivity contribution in [1.82, 2.24) is 4.90 Å². The summed E-state index contributed by atoms with van der Waals surface area (Å²) < 4.78 is 9.81. The van der Waals surface area contributed by atoms with E-state index in [1.54, 1.807) is 6.92 Å². The SMILES string of the molecule is CCOC(=O)c1cc(OC)c(O)c([N+](=O)[O-])c1C(=O)N1CCCCC1. The molecule has 0 aromatic heterocycles. The summed E-state index contributed by atoms with van der Waals surface area (Å²) in [6.45, 7) is 2.49. The van der Waals surface area contributed by atoms with Crippen LogP contribution in [0.1, 0.15) is 46.9 Å².